The first-order valence-corrected chi connectivity index (χ1v) is 5.27. The zero-order chi connectivity index (χ0) is 9.19. The van der Waals surface area contributed by atoms with Gasteiger partial charge in [-0.3, -0.25) is 0 Å². The molecule has 0 radical (unpaired) electrons. The number of rotatable bonds is 2. The Morgan fingerprint density at radius 2 is 2.00 bits per heavy atom. The van der Waals surface area contributed by atoms with Gasteiger partial charge in [0.25, 0.3) is 0 Å². The normalized spacial score (nSPS) is 35.0. The number of aliphatic hydroxyl groups is 1. The molecule has 0 heterocycles. The first-order valence-electron chi connectivity index (χ1n) is 5.27. The van der Waals surface area contributed by atoms with E-state index in [-0.39, 0.29) is 11.5 Å². The molecule has 2 unspecified atom stereocenters. The molecule has 72 valence electrons. The van der Waals surface area contributed by atoms with Crippen LogP contribution in [0.3, 0.4) is 0 Å². The predicted molar refractivity (Wildman–Crippen MR) is 52.0 cm³/mol. The average Bonchev–Trinajstić information content (AvgIpc) is 2.00. The monoisotopic (exact) mass is 170 g/mol. The van der Waals surface area contributed by atoms with Crippen molar-refractivity contribution in [2.24, 2.45) is 11.3 Å². The average molecular weight is 170 g/mol. The van der Waals surface area contributed by atoms with Crippen molar-refractivity contribution in [3.05, 3.63) is 0 Å². The van der Waals surface area contributed by atoms with Gasteiger partial charge >= 0.3 is 0 Å². The Bertz CT molecular complexity index is 138. The van der Waals surface area contributed by atoms with E-state index in [9.17, 15) is 5.11 Å². The first kappa shape index (κ1) is 10.0. The van der Waals surface area contributed by atoms with Gasteiger partial charge in [0.2, 0.25) is 0 Å². The van der Waals surface area contributed by atoms with Gasteiger partial charge in [-0.2, -0.15) is 0 Å². The van der Waals surface area contributed by atoms with Gasteiger partial charge in [0.15, 0.2) is 0 Å². The van der Waals surface area contributed by atoms with Crippen LogP contribution in [0.2, 0.25) is 0 Å². The highest BCUT2D eigenvalue weighted by atomic mass is 16.3. The van der Waals surface area contributed by atoms with Crippen LogP contribution < -0.4 is 0 Å². The Kier molecular flexibility index (Phi) is 3.16. The number of aliphatic hydroxyl groups excluding tert-OH is 1. The van der Waals surface area contributed by atoms with E-state index in [1.54, 1.807) is 0 Å². The summed E-state index contributed by atoms with van der Waals surface area (Å²) in [7, 11) is 0. The van der Waals surface area contributed by atoms with Crippen LogP contribution in [0, 0.1) is 11.3 Å². The minimum Gasteiger partial charge on any atom is -0.393 e. The van der Waals surface area contributed by atoms with Crippen LogP contribution in [0.5, 0.6) is 0 Å². The lowest BCUT2D eigenvalue weighted by Crippen LogP contribution is -2.40. The summed E-state index contributed by atoms with van der Waals surface area (Å²) in [5, 5.41) is 9.83. The number of hydrogen-bond donors (Lipinski definition) is 1. The Labute approximate surface area is 76.2 Å². The fourth-order valence-electron chi connectivity index (χ4n) is 2.44. The largest absolute Gasteiger partial charge is 0.393 e. The second kappa shape index (κ2) is 3.78. The molecule has 1 aliphatic carbocycles. The van der Waals surface area contributed by atoms with Crippen molar-refractivity contribution in [2.75, 3.05) is 0 Å². The van der Waals surface area contributed by atoms with Crippen LogP contribution >= 0.6 is 0 Å². The van der Waals surface area contributed by atoms with Crippen molar-refractivity contribution in [3.63, 3.8) is 0 Å². The highest BCUT2D eigenvalue weighted by molar-refractivity contribution is 4.88. The minimum atomic E-state index is -0.0669. The third kappa shape index (κ3) is 1.82. The van der Waals surface area contributed by atoms with Crippen molar-refractivity contribution in [1.82, 2.24) is 0 Å². The lowest BCUT2D eigenvalue weighted by atomic mass is 9.65. The molecule has 1 saturated carbocycles. The van der Waals surface area contributed by atoms with Crippen molar-refractivity contribution in [3.8, 4) is 0 Å². The highest BCUT2D eigenvalue weighted by Crippen LogP contribution is 2.42. The summed E-state index contributed by atoms with van der Waals surface area (Å²) in [5.41, 5.74) is 0.161. The van der Waals surface area contributed by atoms with E-state index in [0.29, 0.717) is 0 Å². The number of hydrogen-bond acceptors (Lipinski definition) is 1. The highest BCUT2D eigenvalue weighted by Gasteiger charge is 2.38. The fraction of sp³-hybridized carbons (Fsp3) is 1.00. The topological polar surface area (TPSA) is 20.2 Å². The van der Waals surface area contributed by atoms with E-state index < -0.39 is 0 Å². The summed E-state index contributed by atoms with van der Waals surface area (Å²) in [5.74, 6) is 0.742. The first-order chi connectivity index (χ1) is 5.59. The summed E-state index contributed by atoms with van der Waals surface area (Å²) < 4.78 is 0. The molecule has 0 bridgehead atoms. The van der Waals surface area contributed by atoms with Gasteiger partial charge in [-0.05, 0) is 24.2 Å². The van der Waals surface area contributed by atoms with Gasteiger partial charge in [-0.1, -0.05) is 40.0 Å². The summed E-state index contributed by atoms with van der Waals surface area (Å²) >= 11 is 0. The molecule has 1 nitrogen and oxygen atoms in total. The van der Waals surface area contributed by atoms with Crippen molar-refractivity contribution in [1.29, 1.82) is 0 Å². The van der Waals surface area contributed by atoms with E-state index in [1.807, 2.05) is 0 Å². The van der Waals surface area contributed by atoms with Crippen LogP contribution in [0.1, 0.15) is 52.9 Å². The molecule has 0 aromatic carbocycles. The summed E-state index contributed by atoms with van der Waals surface area (Å²) in [6, 6.07) is 0. The van der Waals surface area contributed by atoms with Crippen LogP contribution in [0.25, 0.3) is 0 Å². The molecule has 1 fully saturated rings. The lowest BCUT2D eigenvalue weighted by Gasteiger charge is -2.42. The molecular weight excluding hydrogens is 148 g/mol. The summed E-state index contributed by atoms with van der Waals surface area (Å²) in [6.45, 7) is 6.67. The molecule has 0 amide bonds. The van der Waals surface area contributed by atoms with Crippen LogP contribution in [0.4, 0.5) is 0 Å². The molecule has 1 N–H and O–H groups in total. The molecule has 1 rings (SSSR count). The van der Waals surface area contributed by atoms with Gasteiger partial charge in [0, 0.05) is 0 Å². The van der Waals surface area contributed by atoms with E-state index in [1.165, 1.54) is 25.7 Å². The second-order valence-corrected chi connectivity index (χ2v) is 4.75. The molecule has 0 aliphatic heterocycles. The minimum absolute atomic E-state index is 0.0669. The van der Waals surface area contributed by atoms with Crippen molar-refractivity contribution < 1.29 is 5.11 Å². The van der Waals surface area contributed by atoms with Crippen LogP contribution in [0.15, 0.2) is 0 Å². The third-order valence-corrected chi connectivity index (χ3v) is 3.58. The Balaban J connectivity index is 2.59. The fourth-order valence-corrected chi connectivity index (χ4v) is 2.44. The van der Waals surface area contributed by atoms with E-state index in [2.05, 4.69) is 20.8 Å². The van der Waals surface area contributed by atoms with Gasteiger partial charge < -0.3 is 5.11 Å². The molecule has 1 aliphatic rings. The van der Waals surface area contributed by atoms with Gasteiger partial charge in [-0.25, -0.2) is 0 Å². The second-order valence-electron chi connectivity index (χ2n) is 4.75. The van der Waals surface area contributed by atoms with E-state index >= 15 is 0 Å². The molecule has 0 saturated heterocycles. The van der Waals surface area contributed by atoms with E-state index in [4.69, 9.17) is 0 Å². The molecule has 1 heteroatoms. The van der Waals surface area contributed by atoms with Gasteiger partial charge in [-0.15, -0.1) is 0 Å². The summed E-state index contributed by atoms with van der Waals surface area (Å²) in [6.07, 6.45) is 6.01. The zero-order valence-electron chi connectivity index (χ0n) is 8.64. The van der Waals surface area contributed by atoms with Crippen molar-refractivity contribution >= 4 is 0 Å². The van der Waals surface area contributed by atoms with Crippen LogP contribution in [-0.2, 0) is 0 Å². The van der Waals surface area contributed by atoms with Crippen molar-refractivity contribution in [2.45, 2.75) is 59.0 Å². The van der Waals surface area contributed by atoms with E-state index in [0.717, 1.165) is 12.3 Å². The lowest BCUT2D eigenvalue weighted by molar-refractivity contribution is -0.0323. The molecule has 2 atom stereocenters. The van der Waals surface area contributed by atoms with Gasteiger partial charge in [0.1, 0.15) is 0 Å². The summed E-state index contributed by atoms with van der Waals surface area (Å²) in [4.78, 5) is 0. The maximum Gasteiger partial charge on any atom is 0.0593 e. The smallest absolute Gasteiger partial charge is 0.0593 e. The SMILES string of the molecule is CCCC1CCCC(O)C1(C)C. The quantitative estimate of drug-likeness (QED) is 0.675. The molecular formula is C11H22O. The Hall–Kier alpha value is -0.0400. The van der Waals surface area contributed by atoms with Crippen LogP contribution in [-0.4, -0.2) is 11.2 Å². The third-order valence-electron chi connectivity index (χ3n) is 3.58. The molecule has 0 aromatic heterocycles. The standard InChI is InChI=1S/C11H22O/c1-4-6-9-7-5-8-10(12)11(9,2)3/h9-10,12H,4-8H2,1-3H3. The maximum absolute atomic E-state index is 9.83. The molecule has 0 aromatic rings. The zero-order valence-corrected chi connectivity index (χ0v) is 8.64. The maximum atomic E-state index is 9.83. The molecule has 0 spiro atoms. The Morgan fingerprint density at radius 3 is 2.58 bits per heavy atom. The predicted octanol–water partition coefficient (Wildman–Crippen LogP) is 2.97. The van der Waals surface area contributed by atoms with Gasteiger partial charge in [0.05, 0.1) is 6.10 Å². The Morgan fingerprint density at radius 1 is 1.33 bits per heavy atom. The molecule has 12 heavy (non-hydrogen) atoms.